The van der Waals surface area contributed by atoms with Gasteiger partial charge in [0.25, 0.3) is 5.91 Å². The van der Waals surface area contributed by atoms with E-state index in [4.69, 9.17) is 4.74 Å². The van der Waals surface area contributed by atoms with Gasteiger partial charge >= 0.3 is 0 Å². The van der Waals surface area contributed by atoms with Gasteiger partial charge in [0.1, 0.15) is 11.4 Å². The maximum Gasteiger partial charge on any atom is 0.258 e. The summed E-state index contributed by atoms with van der Waals surface area (Å²) < 4.78 is 21.4. The molecule has 7 rings (SSSR count). The normalized spacial score (nSPS) is 29.3. The fourth-order valence-corrected chi connectivity index (χ4v) is 7.66. The minimum Gasteiger partial charge on any atom is -0.477 e. The van der Waals surface area contributed by atoms with Gasteiger partial charge in [0, 0.05) is 18.3 Å². The molecule has 1 aromatic carbocycles. The third kappa shape index (κ3) is 5.12. The van der Waals surface area contributed by atoms with E-state index in [1.165, 1.54) is 76.3 Å². The van der Waals surface area contributed by atoms with Crippen LogP contribution in [-0.2, 0) is 6.54 Å². The van der Waals surface area contributed by atoms with Crippen molar-refractivity contribution >= 4 is 11.6 Å². The molecule has 1 amide bonds. The Bertz CT molecular complexity index is 1020. The number of nitrogens with one attached hydrogen (secondary N) is 2. The van der Waals surface area contributed by atoms with E-state index in [1.54, 1.807) is 18.3 Å². The lowest BCUT2D eigenvalue weighted by Gasteiger charge is -2.54. The summed E-state index contributed by atoms with van der Waals surface area (Å²) in [5.74, 6) is 3.86. The van der Waals surface area contributed by atoms with Crippen LogP contribution in [0.4, 0.5) is 10.1 Å². The molecule has 7 heteroatoms. The summed E-state index contributed by atoms with van der Waals surface area (Å²) in [5, 5.41) is 11.3. The molecule has 194 valence electrons. The van der Waals surface area contributed by atoms with Crippen LogP contribution in [0.25, 0.3) is 0 Å². The number of carbonyl (C=O) groups is 1. The summed E-state index contributed by atoms with van der Waals surface area (Å²) in [4.78, 5) is 13.6. The molecule has 4 bridgehead atoms. The molecule has 1 aromatic heterocycles. The van der Waals surface area contributed by atoms with Crippen molar-refractivity contribution in [2.24, 2.45) is 29.6 Å². The van der Waals surface area contributed by atoms with Gasteiger partial charge in [-0.25, -0.2) is 9.07 Å². The molecule has 0 saturated heterocycles. The number of nitrogens with zero attached hydrogens (tertiary/aromatic N) is 2. The summed E-state index contributed by atoms with van der Waals surface area (Å²) >= 11 is 0. The van der Waals surface area contributed by atoms with Crippen LogP contribution < -0.4 is 15.4 Å². The molecule has 36 heavy (non-hydrogen) atoms. The molecule has 5 fully saturated rings. The molecule has 6 nitrogen and oxygen atoms in total. The van der Waals surface area contributed by atoms with Crippen molar-refractivity contribution in [2.45, 2.75) is 76.8 Å². The predicted molar refractivity (Wildman–Crippen MR) is 137 cm³/mol. The molecule has 0 spiro atoms. The zero-order chi connectivity index (χ0) is 24.5. The molecule has 5 saturated carbocycles. The fraction of sp³-hybridized carbons (Fsp3) is 0.655. The van der Waals surface area contributed by atoms with Crippen LogP contribution in [0.15, 0.2) is 30.5 Å². The number of hydrogen-bond donors (Lipinski definition) is 2. The molecule has 0 atom stereocenters. The summed E-state index contributed by atoms with van der Waals surface area (Å²) in [7, 11) is 0. The quantitative estimate of drug-likeness (QED) is 0.473. The van der Waals surface area contributed by atoms with Crippen molar-refractivity contribution in [3.05, 3.63) is 41.8 Å². The Balaban J connectivity index is 1.14. The second-order valence-electron chi connectivity index (χ2n) is 11.8. The average Bonchev–Trinajstić information content (AvgIpc) is 3.29. The Labute approximate surface area is 213 Å². The Morgan fingerprint density at radius 3 is 2.39 bits per heavy atom. The molecule has 0 radical (unpaired) electrons. The smallest absolute Gasteiger partial charge is 0.258 e. The van der Waals surface area contributed by atoms with Gasteiger partial charge in [0.15, 0.2) is 0 Å². The largest absolute Gasteiger partial charge is 0.477 e. The number of benzene rings is 1. The molecule has 5 aliphatic carbocycles. The van der Waals surface area contributed by atoms with Crippen molar-refractivity contribution in [2.75, 3.05) is 18.5 Å². The van der Waals surface area contributed by atoms with E-state index in [-0.39, 0.29) is 11.7 Å². The number of carbonyl (C=O) groups excluding carboxylic acids is 1. The first-order chi connectivity index (χ1) is 17.6. The second-order valence-corrected chi connectivity index (χ2v) is 11.8. The van der Waals surface area contributed by atoms with E-state index in [1.807, 2.05) is 4.68 Å². The average molecular weight is 495 g/mol. The van der Waals surface area contributed by atoms with E-state index in [2.05, 4.69) is 15.7 Å². The zero-order valence-corrected chi connectivity index (χ0v) is 21.1. The molecule has 0 unspecified atom stereocenters. The second kappa shape index (κ2) is 10.4. The highest BCUT2D eigenvalue weighted by Crippen LogP contribution is 2.53. The lowest BCUT2D eigenvalue weighted by Crippen LogP contribution is -2.55. The van der Waals surface area contributed by atoms with Gasteiger partial charge in [-0.05, 0) is 98.8 Å². The summed E-state index contributed by atoms with van der Waals surface area (Å²) in [6.07, 6.45) is 14.4. The number of halogens is 1. The molecule has 0 aliphatic heterocycles. The first-order valence-electron chi connectivity index (χ1n) is 14.1. The van der Waals surface area contributed by atoms with Gasteiger partial charge in [-0.1, -0.05) is 19.3 Å². The van der Waals surface area contributed by atoms with Gasteiger partial charge in [-0.3, -0.25) is 4.79 Å². The van der Waals surface area contributed by atoms with Crippen LogP contribution in [0.1, 0.15) is 74.6 Å². The first kappa shape index (κ1) is 23.8. The zero-order valence-electron chi connectivity index (χ0n) is 21.1. The monoisotopic (exact) mass is 494 g/mol. The van der Waals surface area contributed by atoms with Crippen LogP contribution in [0.5, 0.6) is 5.88 Å². The van der Waals surface area contributed by atoms with E-state index < -0.39 is 0 Å². The lowest BCUT2D eigenvalue weighted by molar-refractivity contribution is -0.0120. The van der Waals surface area contributed by atoms with E-state index in [9.17, 15) is 9.18 Å². The maximum atomic E-state index is 13.6. The minimum atomic E-state index is -0.249. The number of rotatable bonds is 9. The number of amides is 1. The van der Waals surface area contributed by atoms with Gasteiger partial charge in [-0.15, -0.1) is 0 Å². The SMILES string of the molecule is O=C(NC1C2CC3CC(C2)CC1C3)c1cnn(CCNc2ccc(F)cc2)c1OCC1CCCCC1. The minimum absolute atomic E-state index is 0.0381. The van der Waals surface area contributed by atoms with Crippen molar-refractivity contribution in [3.8, 4) is 5.88 Å². The Kier molecular flexibility index (Phi) is 6.89. The van der Waals surface area contributed by atoms with Crippen LogP contribution in [-0.4, -0.2) is 34.9 Å². The number of aromatic nitrogens is 2. The maximum absolute atomic E-state index is 13.6. The summed E-state index contributed by atoms with van der Waals surface area (Å²) in [5.41, 5.74) is 1.41. The Morgan fingerprint density at radius 2 is 1.69 bits per heavy atom. The van der Waals surface area contributed by atoms with Crippen LogP contribution in [0, 0.1) is 35.4 Å². The highest BCUT2D eigenvalue weighted by molar-refractivity contribution is 5.96. The van der Waals surface area contributed by atoms with Gasteiger partial charge in [0.2, 0.25) is 5.88 Å². The summed E-state index contributed by atoms with van der Waals surface area (Å²) in [6.45, 7) is 1.79. The fourth-order valence-electron chi connectivity index (χ4n) is 7.66. The first-order valence-corrected chi connectivity index (χ1v) is 14.1. The summed E-state index contributed by atoms with van der Waals surface area (Å²) in [6, 6.07) is 6.63. The molecule has 2 N–H and O–H groups in total. The van der Waals surface area contributed by atoms with Crippen molar-refractivity contribution in [3.63, 3.8) is 0 Å². The Morgan fingerprint density at radius 1 is 1.00 bits per heavy atom. The lowest BCUT2D eigenvalue weighted by atomic mass is 9.54. The van der Waals surface area contributed by atoms with Gasteiger partial charge in [0.05, 0.1) is 19.3 Å². The van der Waals surface area contributed by atoms with Crippen molar-refractivity contribution in [1.29, 1.82) is 0 Å². The molecular formula is C29H39FN4O2. The van der Waals surface area contributed by atoms with E-state index in [0.717, 1.165) is 17.5 Å². The number of anilines is 1. The van der Waals surface area contributed by atoms with Crippen LogP contribution in [0.2, 0.25) is 0 Å². The predicted octanol–water partition coefficient (Wildman–Crippen LogP) is 5.65. The molecule has 2 aromatic rings. The molecular weight excluding hydrogens is 455 g/mol. The third-order valence-corrected chi connectivity index (χ3v) is 9.24. The molecule has 5 aliphatic rings. The standard InChI is InChI=1S/C29H39FN4O2/c30-24-6-8-25(9-7-24)31-10-11-34-29(36-18-19-4-2-1-3-5-19)26(17-32-34)28(35)33-27-22-13-20-12-21(15-22)16-23(27)14-20/h6-9,17,19-23,27,31H,1-5,10-16,18H2,(H,33,35). The van der Waals surface area contributed by atoms with Crippen molar-refractivity contribution < 1.29 is 13.9 Å². The van der Waals surface area contributed by atoms with Crippen LogP contribution in [0.3, 0.4) is 0 Å². The Hall–Kier alpha value is -2.57. The highest BCUT2D eigenvalue weighted by atomic mass is 19.1. The molecule has 1 heterocycles. The van der Waals surface area contributed by atoms with Crippen LogP contribution >= 0.6 is 0 Å². The van der Waals surface area contributed by atoms with Gasteiger partial charge in [-0.2, -0.15) is 5.10 Å². The number of ether oxygens (including phenoxy) is 1. The van der Waals surface area contributed by atoms with E-state index >= 15 is 0 Å². The van der Waals surface area contributed by atoms with Crippen molar-refractivity contribution in [1.82, 2.24) is 15.1 Å². The van der Waals surface area contributed by atoms with E-state index in [0.29, 0.717) is 54.9 Å². The topological polar surface area (TPSA) is 68.2 Å². The van der Waals surface area contributed by atoms with Gasteiger partial charge < -0.3 is 15.4 Å². The third-order valence-electron chi connectivity index (χ3n) is 9.24. The number of hydrogen-bond acceptors (Lipinski definition) is 4. The highest BCUT2D eigenvalue weighted by Gasteiger charge is 2.48.